The molecule has 0 atom stereocenters. The molecule has 0 unspecified atom stereocenters. The van der Waals surface area contributed by atoms with Gasteiger partial charge in [0, 0.05) is 0 Å². The number of hydrogen-bond donors (Lipinski definition) is 3. The maximum Gasteiger partial charge on any atom is 0.341 e. The van der Waals surface area contributed by atoms with Crippen LogP contribution in [-0.4, -0.2) is 37.2 Å². The molecule has 0 spiro atoms. The topological polar surface area (TPSA) is 144 Å². The van der Waals surface area contributed by atoms with Crippen LogP contribution in [0.4, 0.5) is 0 Å². The number of nitrogens with two attached hydrogens (primary N) is 1. The molecule has 0 aliphatic carbocycles. The second-order valence-electron chi connectivity index (χ2n) is 3.19. The van der Waals surface area contributed by atoms with Crippen molar-refractivity contribution >= 4 is 22.0 Å². The van der Waals surface area contributed by atoms with E-state index in [1.54, 1.807) is 0 Å². The van der Waals surface area contributed by atoms with Gasteiger partial charge in [-0.25, -0.2) is 23.1 Å². The lowest BCUT2D eigenvalue weighted by Gasteiger charge is -2.08. The summed E-state index contributed by atoms with van der Waals surface area (Å²) >= 11 is 0. The van der Waals surface area contributed by atoms with Gasteiger partial charge < -0.3 is 14.9 Å². The van der Waals surface area contributed by atoms with Crippen LogP contribution in [0.5, 0.6) is 5.75 Å². The highest BCUT2D eigenvalue weighted by Gasteiger charge is 2.17. The van der Waals surface area contributed by atoms with Crippen LogP contribution < -0.4 is 9.88 Å². The second kappa shape index (κ2) is 5.02. The molecule has 0 bridgehead atoms. The van der Waals surface area contributed by atoms with Crippen LogP contribution >= 0.6 is 0 Å². The van der Waals surface area contributed by atoms with Gasteiger partial charge in [0.15, 0.2) is 6.61 Å². The second-order valence-corrected chi connectivity index (χ2v) is 4.75. The van der Waals surface area contributed by atoms with Crippen molar-refractivity contribution in [1.82, 2.24) is 0 Å². The van der Waals surface area contributed by atoms with Crippen molar-refractivity contribution < 1.29 is 33.0 Å². The Balaban J connectivity index is 3.21. The van der Waals surface area contributed by atoms with Gasteiger partial charge in [-0.05, 0) is 18.2 Å². The number of ether oxygens (including phenoxy) is 1. The van der Waals surface area contributed by atoms with Crippen molar-refractivity contribution in [3.8, 4) is 5.75 Å². The van der Waals surface area contributed by atoms with Crippen molar-refractivity contribution in [2.75, 3.05) is 6.61 Å². The van der Waals surface area contributed by atoms with Gasteiger partial charge >= 0.3 is 11.9 Å². The molecule has 9 heteroatoms. The molecule has 0 aliphatic heterocycles. The van der Waals surface area contributed by atoms with E-state index in [0.29, 0.717) is 0 Å². The van der Waals surface area contributed by atoms with Crippen LogP contribution in [0.3, 0.4) is 0 Å². The standard InChI is InChI=1S/C9H9NO7S/c10-18(15,16)5-1-2-7(17-4-8(11)12)6(3-5)9(13)14/h1-3H,4H2,(H,11,12)(H,13,14)(H2,10,15,16). The van der Waals surface area contributed by atoms with Gasteiger partial charge in [-0.15, -0.1) is 0 Å². The van der Waals surface area contributed by atoms with Crippen LogP contribution in [-0.2, 0) is 14.8 Å². The molecule has 0 radical (unpaired) electrons. The van der Waals surface area contributed by atoms with Crippen LogP contribution in [0, 0.1) is 0 Å². The molecule has 0 heterocycles. The highest BCUT2D eigenvalue weighted by atomic mass is 32.2. The molecular formula is C9H9NO7S. The van der Waals surface area contributed by atoms with E-state index in [0.717, 1.165) is 18.2 Å². The summed E-state index contributed by atoms with van der Waals surface area (Å²) in [5, 5.41) is 22.1. The average Bonchev–Trinajstić information content (AvgIpc) is 2.24. The van der Waals surface area contributed by atoms with Crippen LogP contribution in [0.25, 0.3) is 0 Å². The molecule has 0 saturated heterocycles. The summed E-state index contributed by atoms with van der Waals surface area (Å²) < 4.78 is 26.8. The Labute approximate surface area is 102 Å². The molecule has 4 N–H and O–H groups in total. The monoisotopic (exact) mass is 275 g/mol. The smallest absolute Gasteiger partial charge is 0.341 e. The van der Waals surface area contributed by atoms with Crippen LogP contribution in [0.2, 0.25) is 0 Å². The number of sulfonamides is 1. The van der Waals surface area contributed by atoms with Gasteiger partial charge in [-0.2, -0.15) is 0 Å². The maximum atomic E-state index is 11.0. The third-order valence-electron chi connectivity index (χ3n) is 1.86. The fourth-order valence-electron chi connectivity index (χ4n) is 1.12. The van der Waals surface area contributed by atoms with Crippen molar-refractivity contribution in [1.29, 1.82) is 0 Å². The Hall–Kier alpha value is -2.13. The lowest BCUT2D eigenvalue weighted by atomic mass is 10.2. The zero-order valence-corrected chi connectivity index (χ0v) is 9.68. The Morgan fingerprint density at radius 3 is 2.33 bits per heavy atom. The van der Waals surface area contributed by atoms with Gasteiger partial charge in [0.25, 0.3) is 0 Å². The SMILES string of the molecule is NS(=O)(=O)c1ccc(OCC(=O)O)c(C(=O)O)c1. The predicted molar refractivity (Wildman–Crippen MR) is 57.9 cm³/mol. The summed E-state index contributed by atoms with van der Waals surface area (Å²) in [5.41, 5.74) is -0.484. The number of primary sulfonamides is 1. The van der Waals surface area contributed by atoms with E-state index in [2.05, 4.69) is 0 Å². The van der Waals surface area contributed by atoms with E-state index < -0.39 is 39.0 Å². The first-order valence-electron chi connectivity index (χ1n) is 4.46. The van der Waals surface area contributed by atoms with Crippen molar-refractivity contribution in [2.24, 2.45) is 5.14 Å². The normalized spacial score (nSPS) is 10.9. The molecule has 0 amide bonds. The first-order valence-corrected chi connectivity index (χ1v) is 6.01. The molecule has 1 rings (SSSR count). The third kappa shape index (κ3) is 3.43. The largest absolute Gasteiger partial charge is 0.481 e. The third-order valence-corrected chi connectivity index (χ3v) is 2.77. The zero-order valence-electron chi connectivity index (χ0n) is 8.86. The lowest BCUT2D eigenvalue weighted by molar-refractivity contribution is -0.139. The average molecular weight is 275 g/mol. The first kappa shape index (κ1) is 13.9. The summed E-state index contributed by atoms with van der Waals surface area (Å²) in [5.74, 6) is -3.00. The van der Waals surface area contributed by atoms with Crippen molar-refractivity contribution in [2.45, 2.75) is 4.90 Å². The van der Waals surface area contributed by atoms with E-state index in [9.17, 15) is 18.0 Å². The zero-order chi connectivity index (χ0) is 13.9. The van der Waals surface area contributed by atoms with E-state index >= 15 is 0 Å². The number of aromatic carboxylic acids is 1. The minimum atomic E-state index is -4.04. The molecule has 0 aliphatic rings. The minimum Gasteiger partial charge on any atom is -0.481 e. The summed E-state index contributed by atoms with van der Waals surface area (Å²) in [6, 6.07) is 2.86. The molecule has 0 fully saturated rings. The van der Waals surface area contributed by atoms with Gasteiger partial charge in [-0.1, -0.05) is 0 Å². The van der Waals surface area contributed by atoms with E-state index in [1.807, 2.05) is 0 Å². The lowest BCUT2D eigenvalue weighted by Crippen LogP contribution is -2.15. The summed E-state index contributed by atoms with van der Waals surface area (Å²) in [4.78, 5) is 20.8. The number of rotatable bonds is 5. The van der Waals surface area contributed by atoms with Gasteiger partial charge in [0.05, 0.1) is 4.90 Å². The summed E-state index contributed by atoms with van der Waals surface area (Å²) in [6.07, 6.45) is 0. The molecule has 1 aromatic rings. The number of carboxylic acid groups (broad SMARTS) is 2. The number of carbonyl (C=O) groups is 2. The van der Waals surface area contributed by atoms with Crippen LogP contribution in [0.15, 0.2) is 23.1 Å². The van der Waals surface area contributed by atoms with Gasteiger partial charge in [0.2, 0.25) is 10.0 Å². The van der Waals surface area contributed by atoms with Gasteiger partial charge in [-0.3, -0.25) is 0 Å². The van der Waals surface area contributed by atoms with E-state index in [4.69, 9.17) is 20.1 Å². The molecule has 18 heavy (non-hydrogen) atoms. The fourth-order valence-corrected chi connectivity index (χ4v) is 1.66. The summed E-state index contributed by atoms with van der Waals surface area (Å²) in [6.45, 7) is -0.741. The summed E-state index contributed by atoms with van der Waals surface area (Å²) in [7, 11) is -4.04. The highest BCUT2D eigenvalue weighted by Crippen LogP contribution is 2.22. The first-order chi connectivity index (χ1) is 8.21. The van der Waals surface area contributed by atoms with Crippen molar-refractivity contribution in [3.63, 3.8) is 0 Å². The Bertz CT molecular complexity index is 593. The van der Waals surface area contributed by atoms with Crippen molar-refractivity contribution in [3.05, 3.63) is 23.8 Å². The molecule has 8 nitrogen and oxygen atoms in total. The fraction of sp³-hybridized carbons (Fsp3) is 0.111. The molecule has 98 valence electrons. The molecule has 0 aromatic heterocycles. The maximum absolute atomic E-state index is 11.0. The van der Waals surface area contributed by atoms with E-state index in [1.165, 1.54) is 0 Å². The highest BCUT2D eigenvalue weighted by molar-refractivity contribution is 7.89. The quantitative estimate of drug-likeness (QED) is 0.656. The number of benzene rings is 1. The van der Waals surface area contributed by atoms with E-state index in [-0.39, 0.29) is 5.75 Å². The predicted octanol–water partition coefficient (Wildman–Crippen LogP) is -0.504. The molecule has 0 saturated carbocycles. The van der Waals surface area contributed by atoms with Crippen LogP contribution in [0.1, 0.15) is 10.4 Å². The Kier molecular flexibility index (Phi) is 3.89. The number of carboxylic acids is 2. The molecule has 1 aromatic carbocycles. The van der Waals surface area contributed by atoms with Gasteiger partial charge in [0.1, 0.15) is 11.3 Å². The number of hydrogen-bond acceptors (Lipinski definition) is 5. The number of aliphatic carboxylic acids is 1. The molecular weight excluding hydrogens is 266 g/mol. The Morgan fingerprint density at radius 2 is 1.89 bits per heavy atom. The minimum absolute atomic E-state index is 0.252. The Morgan fingerprint density at radius 1 is 1.28 bits per heavy atom.